The molecular formula is C25H26N6O3S2. The molecule has 4 aromatic heterocycles. The molecule has 4 aromatic rings. The lowest BCUT2D eigenvalue weighted by Gasteiger charge is -2.38. The third-order valence-electron chi connectivity index (χ3n) is 6.79. The Bertz CT molecular complexity index is 1380. The summed E-state index contributed by atoms with van der Waals surface area (Å²) in [5.41, 5.74) is 3.51. The molecule has 6 rings (SSSR count). The topological polar surface area (TPSA) is 107 Å². The van der Waals surface area contributed by atoms with E-state index >= 15 is 0 Å². The smallest absolute Gasteiger partial charge is 0.414 e. The summed E-state index contributed by atoms with van der Waals surface area (Å²) in [4.78, 5) is 30.4. The maximum atomic E-state index is 13.4. The SMILES string of the molecule is Cc1nnc(OC2C[C@H]3CC[C@@H](C2)N3C(=O)c2ccc(Cc3nc(-c4sc(C)nc4C)cs3)nc2)o1. The molecule has 2 fully saturated rings. The number of aromatic nitrogens is 5. The molecule has 9 nitrogen and oxygen atoms in total. The summed E-state index contributed by atoms with van der Waals surface area (Å²) in [6, 6.07) is 4.13. The third-order valence-corrected chi connectivity index (χ3v) is 8.74. The third kappa shape index (κ3) is 4.53. The van der Waals surface area contributed by atoms with Gasteiger partial charge in [-0.3, -0.25) is 9.78 Å². The van der Waals surface area contributed by atoms with Gasteiger partial charge in [-0.1, -0.05) is 5.10 Å². The van der Waals surface area contributed by atoms with Gasteiger partial charge in [0.15, 0.2) is 0 Å². The zero-order valence-electron chi connectivity index (χ0n) is 20.3. The van der Waals surface area contributed by atoms with Gasteiger partial charge in [-0.05, 0) is 38.8 Å². The van der Waals surface area contributed by atoms with Crippen LogP contribution in [0.4, 0.5) is 0 Å². The Kier molecular flexibility index (Phi) is 6.04. The Balaban J connectivity index is 1.10. The quantitative estimate of drug-likeness (QED) is 0.356. The van der Waals surface area contributed by atoms with Gasteiger partial charge in [0.2, 0.25) is 5.89 Å². The number of nitrogens with zero attached hydrogens (tertiary/aromatic N) is 6. The molecule has 186 valence electrons. The van der Waals surface area contributed by atoms with Gasteiger partial charge in [0.25, 0.3) is 5.91 Å². The standard InChI is InChI=1S/C25H26N6O3S2/c1-13-23(36-15(3)27-13)21-12-35-22(28-21)8-17-5-4-16(11-26-17)24(32)31-18-6-7-19(31)10-20(9-18)34-25-30-29-14(2)33-25/h4-5,11-12,18-20H,6-10H2,1-3H3/t18-,19+,20?. The Labute approximate surface area is 216 Å². The summed E-state index contributed by atoms with van der Waals surface area (Å²) in [6.07, 6.45) is 6.02. The summed E-state index contributed by atoms with van der Waals surface area (Å²) in [6.45, 7) is 5.77. The number of amides is 1. The second-order valence-corrected chi connectivity index (χ2v) is 11.5. The van der Waals surface area contributed by atoms with Crippen LogP contribution in [0.25, 0.3) is 10.6 Å². The summed E-state index contributed by atoms with van der Waals surface area (Å²) < 4.78 is 11.3. The fraction of sp³-hybridized carbons (Fsp3) is 0.440. The molecule has 0 aliphatic carbocycles. The first kappa shape index (κ1) is 23.2. The molecule has 3 atom stereocenters. The van der Waals surface area contributed by atoms with E-state index in [1.807, 2.05) is 30.9 Å². The van der Waals surface area contributed by atoms with E-state index in [4.69, 9.17) is 14.1 Å². The molecule has 1 amide bonds. The minimum Gasteiger partial charge on any atom is -0.446 e. The average Bonchev–Trinajstić information content (AvgIpc) is 3.61. The number of pyridine rings is 1. The highest BCUT2D eigenvalue weighted by molar-refractivity contribution is 7.16. The first-order chi connectivity index (χ1) is 17.4. The highest BCUT2D eigenvalue weighted by Crippen LogP contribution is 2.38. The predicted molar refractivity (Wildman–Crippen MR) is 135 cm³/mol. The first-order valence-electron chi connectivity index (χ1n) is 12.1. The van der Waals surface area contributed by atoms with Gasteiger partial charge in [0, 0.05) is 55.5 Å². The highest BCUT2D eigenvalue weighted by atomic mass is 32.1. The van der Waals surface area contributed by atoms with E-state index in [1.54, 1.807) is 35.8 Å². The van der Waals surface area contributed by atoms with Crippen molar-refractivity contribution in [2.45, 2.75) is 71.1 Å². The van der Waals surface area contributed by atoms with Gasteiger partial charge in [0.05, 0.1) is 31.8 Å². The number of piperidine rings is 1. The molecule has 2 saturated heterocycles. The van der Waals surface area contributed by atoms with Crippen LogP contribution in [-0.4, -0.2) is 54.1 Å². The molecule has 11 heteroatoms. The van der Waals surface area contributed by atoms with Crippen LogP contribution < -0.4 is 4.74 Å². The van der Waals surface area contributed by atoms with E-state index in [9.17, 15) is 4.79 Å². The lowest BCUT2D eigenvalue weighted by molar-refractivity contribution is 0.0274. The Morgan fingerprint density at radius 3 is 2.58 bits per heavy atom. The molecule has 0 aromatic carbocycles. The minimum atomic E-state index is -0.0206. The van der Waals surface area contributed by atoms with Crippen molar-refractivity contribution in [3.8, 4) is 16.6 Å². The van der Waals surface area contributed by atoms with E-state index in [0.29, 0.717) is 17.9 Å². The van der Waals surface area contributed by atoms with Crippen molar-refractivity contribution in [3.63, 3.8) is 0 Å². The molecular weight excluding hydrogens is 496 g/mol. The van der Waals surface area contributed by atoms with Gasteiger partial charge in [0.1, 0.15) is 6.10 Å². The normalized spacial score (nSPS) is 21.2. The second kappa shape index (κ2) is 9.36. The number of rotatable bonds is 6. The molecule has 2 bridgehead atoms. The number of hydrogen-bond donors (Lipinski definition) is 0. The van der Waals surface area contributed by atoms with Crippen LogP contribution in [0.1, 0.15) is 63.3 Å². The van der Waals surface area contributed by atoms with Gasteiger partial charge in [-0.2, -0.15) is 0 Å². The van der Waals surface area contributed by atoms with Crippen molar-refractivity contribution in [1.29, 1.82) is 0 Å². The summed E-state index contributed by atoms with van der Waals surface area (Å²) in [7, 11) is 0. The fourth-order valence-electron chi connectivity index (χ4n) is 5.25. The van der Waals surface area contributed by atoms with Crippen molar-refractivity contribution in [3.05, 3.63) is 56.6 Å². The fourth-order valence-corrected chi connectivity index (χ4v) is 7.00. The van der Waals surface area contributed by atoms with Crippen molar-refractivity contribution in [2.24, 2.45) is 0 Å². The zero-order chi connectivity index (χ0) is 24.8. The number of carbonyl (C=O) groups is 1. The van der Waals surface area contributed by atoms with E-state index < -0.39 is 0 Å². The molecule has 1 unspecified atom stereocenters. The molecule has 0 radical (unpaired) electrons. The average molecular weight is 523 g/mol. The van der Waals surface area contributed by atoms with Gasteiger partial charge >= 0.3 is 6.08 Å². The molecule has 0 saturated carbocycles. The van der Waals surface area contributed by atoms with Crippen LogP contribution >= 0.6 is 22.7 Å². The number of ether oxygens (including phenoxy) is 1. The molecule has 6 heterocycles. The van der Waals surface area contributed by atoms with Gasteiger partial charge in [-0.25, -0.2) is 9.97 Å². The Morgan fingerprint density at radius 2 is 1.94 bits per heavy atom. The second-order valence-electron chi connectivity index (χ2n) is 9.38. The number of aryl methyl sites for hydroxylation is 3. The number of fused-ring (bicyclic) bond motifs is 2. The summed E-state index contributed by atoms with van der Waals surface area (Å²) in [5, 5.41) is 11.9. The van der Waals surface area contributed by atoms with Crippen LogP contribution in [0.5, 0.6) is 6.08 Å². The maximum absolute atomic E-state index is 13.4. The van der Waals surface area contributed by atoms with Crippen LogP contribution in [-0.2, 0) is 6.42 Å². The lowest BCUT2D eigenvalue weighted by Crippen LogP contribution is -2.49. The van der Waals surface area contributed by atoms with Crippen molar-refractivity contribution in [2.75, 3.05) is 0 Å². The van der Waals surface area contributed by atoms with Crippen molar-refractivity contribution >= 4 is 28.6 Å². The molecule has 2 aliphatic heterocycles. The molecule has 36 heavy (non-hydrogen) atoms. The summed E-state index contributed by atoms with van der Waals surface area (Å²) >= 11 is 3.30. The van der Waals surface area contributed by atoms with Gasteiger partial charge in [-0.15, -0.1) is 27.8 Å². The van der Waals surface area contributed by atoms with Crippen LogP contribution in [0.2, 0.25) is 0 Å². The maximum Gasteiger partial charge on any atom is 0.414 e. The van der Waals surface area contributed by atoms with Crippen LogP contribution in [0, 0.1) is 20.8 Å². The monoisotopic (exact) mass is 522 g/mol. The largest absolute Gasteiger partial charge is 0.446 e. The number of carbonyl (C=O) groups excluding carboxylic acids is 1. The van der Waals surface area contributed by atoms with Crippen LogP contribution in [0.15, 0.2) is 28.1 Å². The highest BCUT2D eigenvalue weighted by Gasteiger charge is 2.44. The predicted octanol–water partition coefficient (Wildman–Crippen LogP) is 4.78. The zero-order valence-corrected chi connectivity index (χ0v) is 21.9. The van der Waals surface area contributed by atoms with Crippen molar-refractivity contribution < 1.29 is 13.9 Å². The number of thiazole rings is 2. The van der Waals surface area contributed by atoms with Gasteiger partial charge < -0.3 is 14.1 Å². The lowest BCUT2D eigenvalue weighted by atomic mass is 9.98. The first-order valence-corrected chi connectivity index (χ1v) is 13.8. The Hall–Kier alpha value is -3.18. The number of hydrogen-bond acceptors (Lipinski definition) is 10. The van der Waals surface area contributed by atoms with E-state index in [-0.39, 0.29) is 30.2 Å². The summed E-state index contributed by atoms with van der Waals surface area (Å²) in [5.74, 6) is 0.526. The van der Waals surface area contributed by atoms with E-state index in [2.05, 4.69) is 25.5 Å². The Morgan fingerprint density at radius 1 is 1.14 bits per heavy atom. The van der Waals surface area contributed by atoms with E-state index in [0.717, 1.165) is 57.7 Å². The molecule has 0 N–H and O–H groups in total. The van der Waals surface area contributed by atoms with Crippen LogP contribution in [0.3, 0.4) is 0 Å². The van der Waals surface area contributed by atoms with Crippen molar-refractivity contribution in [1.82, 2.24) is 30.0 Å². The molecule has 0 spiro atoms. The minimum absolute atomic E-state index is 0.0206. The molecule has 2 aliphatic rings. The van der Waals surface area contributed by atoms with E-state index in [1.165, 1.54) is 0 Å².